The van der Waals surface area contributed by atoms with E-state index in [1.54, 1.807) is 30.7 Å². The highest BCUT2D eigenvalue weighted by atomic mass is 35.5. The molecule has 4 heterocycles. The van der Waals surface area contributed by atoms with E-state index >= 15 is 0 Å². The van der Waals surface area contributed by atoms with Crippen LogP contribution >= 0.6 is 23.4 Å². The molecule has 2 aliphatic rings. The monoisotopic (exact) mass is 511 g/mol. The zero-order chi connectivity index (χ0) is 24.2. The molecule has 0 bridgehead atoms. The Bertz CT molecular complexity index is 1420. The Morgan fingerprint density at radius 1 is 1.26 bits per heavy atom. The van der Waals surface area contributed by atoms with E-state index in [0.717, 1.165) is 59.3 Å². The number of piperidine rings is 1. The van der Waals surface area contributed by atoms with Crippen LogP contribution in [0, 0.1) is 11.2 Å². The van der Waals surface area contributed by atoms with Crippen molar-refractivity contribution in [2.24, 2.45) is 11.1 Å². The van der Waals surface area contributed by atoms with Gasteiger partial charge in [0, 0.05) is 36.4 Å². The van der Waals surface area contributed by atoms with Crippen molar-refractivity contribution in [2.75, 3.05) is 25.1 Å². The fourth-order valence-corrected chi connectivity index (χ4v) is 6.19. The van der Waals surface area contributed by atoms with Crippen molar-refractivity contribution in [3.63, 3.8) is 0 Å². The zero-order valence-corrected chi connectivity index (χ0v) is 20.5. The lowest BCUT2D eigenvalue weighted by Crippen LogP contribution is -2.44. The second-order valence-electron chi connectivity index (χ2n) is 9.04. The number of imidazole rings is 1. The third-order valence-corrected chi connectivity index (χ3v) is 8.53. The molecule has 35 heavy (non-hydrogen) atoms. The lowest BCUT2D eigenvalue weighted by molar-refractivity contribution is 0.187. The first-order chi connectivity index (χ1) is 17.0. The molecular formula is C24H23ClFN7OS. The lowest BCUT2D eigenvalue weighted by atomic mass is 9.73. The van der Waals surface area contributed by atoms with Gasteiger partial charge in [0.25, 0.3) is 0 Å². The molecule has 4 aromatic rings. The minimum Gasteiger partial charge on any atom is -0.494 e. The minimum absolute atomic E-state index is 0.0895. The maximum Gasteiger partial charge on any atom is 0.206 e. The number of ether oxygens (including phenoxy) is 1. The van der Waals surface area contributed by atoms with Gasteiger partial charge in [-0.25, -0.2) is 14.4 Å². The van der Waals surface area contributed by atoms with Gasteiger partial charge in [-0.05, 0) is 54.0 Å². The SMILES string of the molecule is COc1cc2c(cc1F)[C@@H](N)C1(CCN(c3nc4ncc(Sc5ccncc5Cl)nc4[nH]3)CC1)C2. The summed E-state index contributed by atoms with van der Waals surface area (Å²) in [5, 5.41) is 1.29. The van der Waals surface area contributed by atoms with Crippen molar-refractivity contribution in [3.8, 4) is 5.75 Å². The maximum absolute atomic E-state index is 14.3. The summed E-state index contributed by atoms with van der Waals surface area (Å²) < 4.78 is 19.5. The highest BCUT2D eigenvalue weighted by molar-refractivity contribution is 7.99. The number of rotatable bonds is 4. The third-order valence-electron chi connectivity index (χ3n) is 7.13. The van der Waals surface area contributed by atoms with Gasteiger partial charge >= 0.3 is 0 Å². The van der Waals surface area contributed by atoms with E-state index in [1.165, 1.54) is 18.9 Å². The molecule has 3 N–H and O–H groups in total. The summed E-state index contributed by atoms with van der Waals surface area (Å²) in [5.41, 5.74) is 9.75. The molecule has 0 amide bonds. The van der Waals surface area contributed by atoms with Crippen LogP contribution in [0.1, 0.15) is 30.0 Å². The fourth-order valence-electron chi connectivity index (χ4n) is 5.20. The number of aromatic nitrogens is 5. The minimum atomic E-state index is -0.359. The first kappa shape index (κ1) is 22.5. The summed E-state index contributed by atoms with van der Waals surface area (Å²) in [6, 6.07) is 5.00. The van der Waals surface area contributed by atoms with Crippen molar-refractivity contribution >= 4 is 40.6 Å². The molecule has 0 radical (unpaired) electrons. The molecule has 1 saturated heterocycles. The number of hydrogen-bond donors (Lipinski definition) is 2. The molecule has 1 aromatic carbocycles. The van der Waals surface area contributed by atoms with Gasteiger partial charge in [-0.3, -0.25) is 4.98 Å². The molecule has 8 nitrogen and oxygen atoms in total. The molecule has 180 valence electrons. The van der Waals surface area contributed by atoms with Crippen LogP contribution in [-0.2, 0) is 6.42 Å². The van der Waals surface area contributed by atoms with E-state index in [2.05, 4.69) is 29.8 Å². The Hall–Kier alpha value is -2.95. The van der Waals surface area contributed by atoms with Crippen molar-refractivity contribution in [3.05, 3.63) is 58.8 Å². The second-order valence-corrected chi connectivity index (χ2v) is 10.5. The predicted molar refractivity (Wildman–Crippen MR) is 133 cm³/mol. The van der Waals surface area contributed by atoms with Gasteiger partial charge in [-0.1, -0.05) is 23.4 Å². The fraction of sp³-hybridized carbons (Fsp3) is 0.333. The van der Waals surface area contributed by atoms with E-state index in [4.69, 9.17) is 22.1 Å². The van der Waals surface area contributed by atoms with Crippen LogP contribution in [0.15, 0.2) is 46.7 Å². The van der Waals surface area contributed by atoms with E-state index in [9.17, 15) is 4.39 Å². The predicted octanol–water partition coefficient (Wildman–Crippen LogP) is 4.54. The highest BCUT2D eigenvalue weighted by Gasteiger charge is 2.46. The second kappa shape index (κ2) is 8.61. The Kier molecular flexibility index (Phi) is 5.54. The number of nitrogens with one attached hydrogen (secondary N) is 1. The topological polar surface area (TPSA) is 106 Å². The molecule has 3 aromatic heterocycles. The van der Waals surface area contributed by atoms with Crippen molar-refractivity contribution in [1.29, 1.82) is 0 Å². The number of aromatic amines is 1. The van der Waals surface area contributed by atoms with Gasteiger partial charge in [0.15, 0.2) is 22.9 Å². The summed E-state index contributed by atoms with van der Waals surface area (Å²) in [6.45, 7) is 1.57. The van der Waals surface area contributed by atoms with Crippen molar-refractivity contribution < 1.29 is 9.13 Å². The summed E-state index contributed by atoms with van der Waals surface area (Å²) in [4.78, 5) is 24.2. The number of pyridine rings is 1. The highest BCUT2D eigenvalue weighted by Crippen LogP contribution is 2.52. The number of H-pyrrole nitrogens is 1. The first-order valence-corrected chi connectivity index (χ1v) is 12.5. The van der Waals surface area contributed by atoms with E-state index < -0.39 is 0 Å². The van der Waals surface area contributed by atoms with Gasteiger partial charge in [0.2, 0.25) is 5.95 Å². The number of nitrogens with two attached hydrogens (primary N) is 1. The molecule has 1 fully saturated rings. The first-order valence-electron chi connectivity index (χ1n) is 11.3. The Labute approximate surface area is 210 Å². The average Bonchev–Trinajstić information content (AvgIpc) is 3.39. The van der Waals surface area contributed by atoms with E-state index in [-0.39, 0.29) is 23.0 Å². The van der Waals surface area contributed by atoms with Crippen LogP contribution in [0.2, 0.25) is 5.02 Å². The number of fused-ring (bicyclic) bond motifs is 2. The van der Waals surface area contributed by atoms with Gasteiger partial charge < -0.3 is 20.4 Å². The smallest absolute Gasteiger partial charge is 0.206 e. The van der Waals surface area contributed by atoms with Crippen molar-refractivity contribution in [2.45, 2.75) is 35.2 Å². The van der Waals surface area contributed by atoms with Gasteiger partial charge in [-0.2, -0.15) is 4.98 Å². The number of halogens is 2. The zero-order valence-electron chi connectivity index (χ0n) is 19.0. The number of hydrogen-bond acceptors (Lipinski definition) is 8. The summed E-state index contributed by atoms with van der Waals surface area (Å²) >= 11 is 7.65. The molecule has 1 aliphatic heterocycles. The number of nitrogens with zero attached hydrogens (tertiary/aromatic N) is 5. The Balaban J connectivity index is 1.19. The molecular weight excluding hydrogens is 489 g/mol. The van der Waals surface area contributed by atoms with Crippen LogP contribution in [0.5, 0.6) is 5.75 Å². The molecule has 0 unspecified atom stereocenters. The molecule has 6 rings (SSSR count). The molecule has 1 aliphatic carbocycles. The van der Waals surface area contributed by atoms with Gasteiger partial charge in [0.05, 0.1) is 18.3 Å². The molecule has 1 spiro atoms. The summed E-state index contributed by atoms with van der Waals surface area (Å²) in [6.07, 6.45) is 7.59. The van der Waals surface area contributed by atoms with Crippen LogP contribution in [0.25, 0.3) is 11.3 Å². The summed E-state index contributed by atoms with van der Waals surface area (Å²) in [5.74, 6) is 0.661. The Morgan fingerprint density at radius 3 is 2.86 bits per heavy atom. The van der Waals surface area contributed by atoms with Crippen LogP contribution in [-0.4, -0.2) is 45.1 Å². The van der Waals surface area contributed by atoms with Crippen molar-refractivity contribution in [1.82, 2.24) is 24.9 Å². The quantitative estimate of drug-likeness (QED) is 0.411. The number of benzene rings is 1. The molecule has 0 saturated carbocycles. The normalized spacial score (nSPS) is 18.9. The maximum atomic E-state index is 14.3. The lowest BCUT2D eigenvalue weighted by Gasteiger charge is -2.42. The third kappa shape index (κ3) is 3.89. The van der Waals surface area contributed by atoms with Crippen LogP contribution < -0.4 is 15.4 Å². The van der Waals surface area contributed by atoms with Gasteiger partial charge in [-0.15, -0.1) is 0 Å². The van der Waals surface area contributed by atoms with Gasteiger partial charge in [0.1, 0.15) is 5.03 Å². The molecule has 11 heteroatoms. The number of anilines is 1. The largest absolute Gasteiger partial charge is 0.494 e. The average molecular weight is 512 g/mol. The van der Waals surface area contributed by atoms with E-state index in [0.29, 0.717) is 16.3 Å². The molecule has 1 atom stereocenters. The van der Waals surface area contributed by atoms with Crippen LogP contribution in [0.4, 0.5) is 10.3 Å². The number of methoxy groups -OCH3 is 1. The summed E-state index contributed by atoms with van der Waals surface area (Å²) in [7, 11) is 1.49. The Morgan fingerprint density at radius 2 is 2.09 bits per heavy atom. The standard InChI is InChI=1S/C24H23ClFN7OS/c1-34-17-8-13-10-24(20(27)14(13)9-16(17)26)3-6-33(7-4-24)23-31-21-22(32-23)30-19(12-29-21)35-18-2-5-28-11-15(18)25/h2,5,8-9,11-12,20H,3-4,6-7,10,27H2,1H3,(H,29,30,31,32)/t20-/m1/s1. The van der Waals surface area contributed by atoms with Crippen LogP contribution in [0.3, 0.4) is 0 Å². The van der Waals surface area contributed by atoms with E-state index in [1.807, 2.05) is 6.07 Å².